The number of aromatic nitrogens is 2. The highest BCUT2D eigenvalue weighted by atomic mass is 32.2. The van der Waals surface area contributed by atoms with Crippen LogP contribution in [0.25, 0.3) is 21.2 Å². The van der Waals surface area contributed by atoms with Gasteiger partial charge in [-0.25, -0.2) is 9.78 Å². The average Bonchev–Trinajstić information content (AvgIpc) is 2.95. The fourth-order valence-electron chi connectivity index (χ4n) is 3.44. The summed E-state index contributed by atoms with van der Waals surface area (Å²) in [7, 11) is 0. The molecule has 0 aliphatic heterocycles. The van der Waals surface area contributed by atoms with Crippen molar-refractivity contribution in [1.82, 2.24) is 9.55 Å². The zero-order valence-corrected chi connectivity index (χ0v) is 18.7. The normalized spacial score (nSPS) is 11.6. The fraction of sp³-hybridized carbons (Fsp3) is 0.318. The molecule has 4 aromatic rings. The number of hydrogen-bond donors (Lipinski definition) is 0. The zero-order valence-electron chi connectivity index (χ0n) is 17.1. The minimum atomic E-state index is -0.364. The zero-order chi connectivity index (χ0) is 20.9. The van der Waals surface area contributed by atoms with Crippen LogP contribution < -0.4 is 11.2 Å². The highest BCUT2D eigenvalue weighted by Gasteiger charge is 2.17. The molecule has 1 aromatic carbocycles. The molecule has 4 rings (SSSR count). The van der Waals surface area contributed by atoms with Crippen LogP contribution in [0, 0.1) is 27.7 Å². The highest BCUT2D eigenvalue weighted by Crippen LogP contribution is 2.31. The average molecular weight is 427 g/mol. The van der Waals surface area contributed by atoms with Crippen LogP contribution in [0.4, 0.5) is 0 Å². The van der Waals surface area contributed by atoms with Crippen molar-refractivity contribution in [3.05, 3.63) is 66.1 Å². The lowest BCUT2D eigenvalue weighted by Crippen LogP contribution is -2.22. The number of aryl methyl sites for hydroxylation is 4. The van der Waals surface area contributed by atoms with Gasteiger partial charge in [-0.3, -0.25) is 9.36 Å². The van der Waals surface area contributed by atoms with Gasteiger partial charge in [0, 0.05) is 28.6 Å². The summed E-state index contributed by atoms with van der Waals surface area (Å²) in [6.07, 6.45) is 0. The number of fused-ring (bicyclic) bond motifs is 2. The first-order chi connectivity index (χ1) is 13.8. The summed E-state index contributed by atoms with van der Waals surface area (Å²) >= 11 is 3.03. The van der Waals surface area contributed by atoms with E-state index in [0.717, 1.165) is 42.7 Å². The SMILES string of the molecule is CCn1c(SCc2cc(=O)oc3cc(C)c(C)cc23)nc2sc(C)c(C)c2c1=O. The molecule has 0 saturated carbocycles. The summed E-state index contributed by atoms with van der Waals surface area (Å²) in [6, 6.07) is 5.50. The van der Waals surface area contributed by atoms with Crippen LogP contribution in [0.15, 0.2) is 37.4 Å². The molecule has 0 N–H and O–H groups in total. The van der Waals surface area contributed by atoms with Crippen molar-refractivity contribution in [2.45, 2.75) is 52.1 Å². The monoisotopic (exact) mass is 426 g/mol. The van der Waals surface area contributed by atoms with Crippen LogP contribution in [0.1, 0.15) is 34.1 Å². The van der Waals surface area contributed by atoms with E-state index in [2.05, 4.69) is 6.07 Å². The Morgan fingerprint density at radius 1 is 1.10 bits per heavy atom. The van der Waals surface area contributed by atoms with Crippen LogP contribution in [0.3, 0.4) is 0 Å². The summed E-state index contributed by atoms with van der Waals surface area (Å²) in [5, 5.41) is 2.32. The maximum Gasteiger partial charge on any atom is 0.336 e. The molecule has 0 spiro atoms. The lowest BCUT2D eigenvalue weighted by molar-refractivity contribution is 0.559. The Kier molecular flexibility index (Phi) is 5.12. The number of thioether (sulfide) groups is 1. The fourth-order valence-corrected chi connectivity index (χ4v) is 5.57. The van der Waals surface area contributed by atoms with E-state index >= 15 is 0 Å². The molecular formula is C22H22N2O3S2. The van der Waals surface area contributed by atoms with Gasteiger partial charge in [0.1, 0.15) is 10.4 Å². The van der Waals surface area contributed by atoms with Gasteiger partial charge in [0.2, 0.25) is 0 Å². The minimum Gasteiger partial charge on any atom is -0.423 e. The Morgan fingerprint density at radius 2 is 1.83 bits per heavy atom. The second-order valence-electron chi connectivity index (χ2n) is 7.22. The van der Waals surface area contributed by atoms with E-state index < -0.39 is 0 Å². The predicted octanol–water partition coefficient (Wildman–Crippen LogP) is 5.11. The van der Waals surface area contributed by atoms with Crippen LogP contribution in [-0.4, -0.2) is 9.55 Å². The Morgan fingerprint density at radius 3 is 2.55 bits per heavy atom. The minimum absolute atomic E-state index is 0.00533. The van der Waals surface area contributed by atoms with Crippen molar-refractivity contribution in [3.8, 4) is 0 Å². The molecule has 0 fully saturated rings. The smallest absolute Gasteiger partial charge is 0.336 e. The third kappa shape index (κ3) is 3.42. The predicted molar refractivity (Wildman–Crippen MR) is 121 cm³/mol. The van der Waals surface area contributed by atoms with E-state index in [1.807, 2.05) is 40.7 Å². The van der Waals surface area contributed by atoms with Crippen LogP contribution >= 0.6 is 23.1 Å². The molecule has 3 heterocycles. The Hall–Kier alpha value is -2.38. The number of thiophene rings is 1. The lowest BCUT2D eigenvalue weighted by Gasteiger charge is -2.11. The quantitative estimate of drug-likeness (QED) is 0.258. The van der Waals surface area contributed by atoms with Crippen molar-refractivity contribution >= 4 is 44.3 Å². The second kappa shape index (κ2) is 7.46. The van der Waals surface area contributed by atoms with Gasteiger partial charge in [-0.2, -0.15) is 0 Å². The van der Waals surface area contributed by atoms with E-state index in [-0.39, 0.29) is 11.2 Å². The van der Waals surface area contributed by atoms with E-state index in [4.69, 9.17) is 9.40 Å². The molecule has 0 radical (unpaired) electrons. The number of benzene rings is 1. The topological polar surface area (TPSA) is 65.1 Å². The number of nitrogens with zero attached hydrogens (tertiary/aromatic N) is 2. The van der Waals surface area contributed by atoms with Crippen molar-refractivity contribution in [3.63, 3.8) is 0 Å². The first-order valence-electron chi connectivity index (χ1n) is 9.47. The Labute approximate surface area is 176 Å². The molecule has 29 heavy (non-hydrogen) atoms. The maximum absolute atomic E-state index is 13.0. The van der Waals surface area contributed by atoms with E-state index in [1.54, 1.807) is 15.9 Å². The molecule has 3 aromatic heterocycles. The summed E-state index contributed by atoms with van der Waals surface area (Å²) in [6.45, 7) is 10.5. The van der Waals surface area contributed by atoms with Gasteiger partial charge in [-0.05, 0) is 69.0 Å². The summed E-state index contributed by atoms with van der Waals surface area (Å²) < 4.78 is 7.11. The van der Waals surface area contributed by atoms with E-state index in [0.29, 0.717) is 23.0 Å². The van der Waals surface area contributed by atoms with E-state index in [9.17, 15) is 9.59 Å². The maximum atomic E-state index is 13.0. The van der Waals surface area contributed by atoms with Crippen molar-refractivity contribution in [2.75, 3.05) is 0 Å². The van der Waals surface area contributed by atoms with E-state index in [1.165, 1.54) is 17.8 Å². The van der Waals surface area contributed by atoms with Crippen LogP contribution in [0.5, 0.6) is 0 Å². The Bertz CT molecular complexity index is 1380. The van der Waals surface area contributed by atoms with Gasteiger partial charge < -0.3 is 4.42 Å². The molecule has 7 heteroatoms. The number of hydrogen-bond acceptors (Lipinski definition) is 6. The number of rotatable bonds is 4. The van der Waals surface area contributed by atoms with Crippen LogP contribution in [-0.2, 0) is 12.3 Å². The van der Waals surface area contributed by atoms with Gasteiger partial charge in [0.15, 0.2) is 5.16 Å². The van der Waals surface area contributed by atoms with Gasteiger partial charge in [0.05, 0.1) is 5.39 Å². The first kappa shape index (κ1) is 19.9. The standard InChI is InChI=1S/C22H22N2O3S2/c1-6-24-21(26)19-13(4)14(5)29-20(19)23-22(24)28-10-15-9-18(25)27-17-8-12(3)11(2)7-16(15)17/h7-9H,6,10H2,1-5H3. The third-order valence-corrected chi connectivity index (χ3v) is 7.50. The lowest BCUT2D eigenvalue weighted by atomic mass is 10.0. The van der Waals surface area contributed by atoms with Gasteiger partial charge >= 0.3 is 5.63 Å². The molecule has 0 amide bonds. The summed E-state index contributed by atoms with van der Waals surface area (Å²) in [4.78, 5) is 31.8. The van der Waals surface area contributed by atoms with Crippen molar-refractivity contribution in [1.29, 1.82) is 0 Å². The van der Waals surface area contributed by atoms with Gasteiger partial charge in [-0.15, -0.1) is 11.3 Å². The third-order valence-electron chi connectivity index (χ3n) is 5.37. The molecule has 150 valence electrons. The largest absolute Gasteiger partial charge is 0.423 e. The molecule has 0 aliphatic rings. The van der Waals surface area contributed by atoms with Crippen molar-refractivity contribution in [2.24, 2.45) is 0 Å². The first-order valence-corrected chi connectivity index (χ1v) is 11.3. The summed E-state index contributed by atoms with van der Waals surface area (Å²) in [5.41, 5.74) is 4.37. The highest BCUT2D eigenvalue weighted by molar-refractivity contribution is 7.98. The Balaban J connectivity index is 1.80. The molecular weight excluding hydrogens is 404 g/mol. The molecule has 5 nitrogen and oxygen atoms in total. The van der Waals surface area contributed by atoms with Crippen LogP contribution in [0.2, 0.25) is 0 Å². The molecule has 0 aliphatic carbocycles. The molecule has 0 unspecified atom stereocenters. The second-order valence-corrected chi connectivity index (χ2v) is 9.36. The van der Waals surface area contributed by atoms with Gasteiger partial charge in [-0.1, -0.05) is 11.8 Å². The molecule has 0 atom stereocenters. The molecule has 0 bridgehead atoms. The summed E-state index contributed by atoms with van der Waals surface area (Å²) in [5.74, 6) is 0.534. The van der Waals surface area contributed by atoms with Gasteiger partial charge in [0.25, 0.3) is 5.56 Å². The molecule has 0 saturated heterocycles. The van der Waals surface area contributed by atoms with Crippen molar-refractivity contribution < 1.29 is 4.42 Å².